The van der Waals surface area contributed by atoms with Crippen molar-refractivity contribution in [1.29, 1.82) is 0 Å². The molecule has 2 aromatic heterocycles. The van der Waals surface area contributed by atoms with Crippen molar-refractivity contribution >= 4 is 60.3 Å². The van der Waals surface area contributed by atoms with Gasteiger partial charge in [-0.05, 0) is 67.8 Å². The van der Waals surface area contributed by atoms with Gasteiger partial charge in [0.15, 0.2) is 5.58 Å². The van der Waals surface area contributed by atoms with E-state index in [0.717, 1.165) is 71.8 Å². The fraction of sp³-hybridized carbons (Fsp3) is 0.150. The third-order valence-electron chi connectivity index (χ3n) is 9.64. The Balaban J connectivity index is 1.13. The van der Waals surface area contributed by atoms with Gasteiger partial charge in [-0.1, -0.05) is 97.1 Å². The molecule has 0 N–H and O–H groups in total. The number of fused-ring (bicyclic) bond motifs is 7. The molecule has 1 aliphatic heterocycles. The standard InChI is InChI=1S/C40H31NO4/c1-39(2)40(3,4)45-41(44-39)34-17-9-16-31-30-14-7-13-29(37(30)43-38(31)34)25-20-18-24(19-21-25)28-12-8-15-32-33-22-26-10-5-6-11-27(26)23-35(33)42-36(28)32/h5-23H,1-4H3. The summed E-state index contributed by atoms with van der Waals surface area (Å²) in [6, 6.07) is 40.2. The van der Waals surface area contributed by atoms with E-state index in [0.29, 0.717) is 0 Å². The van der Waals surface area contributed by atoms with Crippen molar-refractivity contribution in [3.63, 3.8) is 0 Å². The van der Waals surface area contributed by atoms with E-state index in [9.17, 15) is 0 Å². The molecular formula is C40H31NO4. The highest BCUT2D eigenvalue weighted by atomic mass is 17.0. The van der Waals surface area contributed by atoms with E-state index in [1.165, 1.54) is 16.0 Å². The zero-order chi connectivity index (χ0) is 30.5. The van der Waals surface area contributed by atoms with Gasteiger partial charge in [0.05, 0.1) is 0 Å². The molecule has 220 valence electrons. The number of benzene rings is 6. The van der Waals surface area contributed by atoms with Crippen molar-refractivity contribution in [2.75, 3.05) is 5.23 Å². The maximum absolute atomic E-state index is 6.64. The largest absolute Gasteiger partial charge is 0.455 e. The molecule has 1 saturated heterocycles. The van der Waals surface area contributed by atoms with E-state index in [1.807, 2.05) is 39.8 Å². The van der Waals surface area contributed by atoms with Crippen LogP contribution in [-0.2, 0) is 9.68 Å². The van der Waals surface area contributed by atoms with Crippen molar-refractivity contribution in [2.45, 2.75) is 38.9 Å². The Hall–Kier alpha value is -5.10. The van der Waals surface area contributed by atoms with E-state index in [-0.39, 0.29) is 0 Å². The third-order valence-corrected chi connectivity index (χ3v) is 9.64. The molecule has 9 rings (SSSR count). The van der Waals surface area contributed by atoms with E-state index in [4.69, 9.17) is 18.5 Å². The monoisotopic (exact) mass is 589 g/mol. The molecule has 6 aromatic carbocycles. The Morgan fingerprint density at radius 3 is 1.60 bits per heavy atom. The summed E-state index contributed by atoms with van der Waals surface area (Å²) in [6.07, 6.45) is 0. The number of hydrogen-bond donors (Lipinski definition) is 0. The summed E-state index contributed by atoms with van der Waals surface area (Å²) < 4.78 is 13.1. The molecule has 0 spiro atoms. The van der Waals surface area contributed by atoms with E-state index in [1.54, 1.807) is 0 Å². The highest BCUT2D eigenvalue weighted by molar-refractivity contribution is 6.14. The molecule has 45 heavy (non-hydrogen) atoms. The summed E-state index contributed by atoms with van der Waals surface area (Å²) in [5.74, 6) is 0. The zero-order valence-corrected chi connectivity index (χ0v) is 25.5. The van der Waals surface area contributed by atoms with Crippen LogP contribution < -0.4 is 5.23 Å². The van der Waals surface area contributed by atoms with Gasteiger partial charge in [-0.25, -0.2) is 9.68 Å². The van der Waals surface area contributed by atoms with Crippen molar-refractivity contribution < 1.29 is 18.5 Å². The summed E-state index contributed by atoms with van der Waals surface area (Å²) in [6.45, 7) is 8.13. The first-order valence-electron chi connectivity index (χ1n) is 15.3. The average Bonchev–Trinajstić information content (AvgIpc) is 3.67. The van der Waals surface area contributed by atoms with Crippen LogP contribution in [0, 0.1) is 0 Å². The maximum Gasteiger partial charge on any atom is 0.163 e. The van der Waals surface area contributed by atoms with Gasteiger partial charge in [0.1, 0.15) is 33.6 Å². The van der Waals surface area contributed by atoms with Crippen molar-refractivity contribution in [3.8, 4) is 22.3 Å². The third kappa shape index (κ3) is 3.88. The van der Waals surface area contributed by atoms with Crippen LogP contribution in [0.1, 0.15) is 27.7 Å². The second-order valence-corrected chi connectivity index (χ2v) is 13.0. The fourth-order valence-electron chi connectivity index (χ4n) is 6.47. The lowest BCUT2D eigenvalue weighted by Gasteiger charge is -2.26. The van der Waals surface area contributed by atoms with Crippen molar-refractivity contribution in [2.24, 2.45) is 0 Å². The quantitative estimate of drug-likeness (QED) is 0.205. The first kappa shape index (κ1) is 26.3. The Morgan fingerprint density at radius 2 is 0.978 bits per heavy atom. The van der Waals surface area contributed by atoms with Gasteiger partial charge in [0.2, 0.25) is 0 Å². The lowest BCUT2D eigenvalue weighted by Crippen LogP contribution is -2.41. The first-order chi connectivity index (χ1) is 21.8. The van der Waals surface area contributed by atoms with Gasteiger partial charge < -0.3 is 8.83 Å². The topological polar surface area (TPSA) is 48.0 Å². The van der Waals surface area contributed by atoms with Crippen molar-refractivity contribution in [1.82, 2.24) is 0 Å². The van der Waals surface area contributed by atoms with Gasteiger partial charge in [-0.3, -0.25) is 0 Å². The Morgan fingerprint density at radius 1 is 0.467 bits per heavy atom. The summed E-state index contributed by atoms with van der Waals surface area (Å²) in [5.41, 5.74) is 7.37. The van der Waals surface area contributed by atoms with Crippen LogP contribution in [0.15, 0.2) is 124 Å². The second kappa shape index (κ2) is 9.21. The summed E-state index contributed by atoms with van der Waals surface area (Å²) in [4.78, 5) is 12.5. The van der Waals surface area contributed by atoms with Crippen molar-refractivity contribution in [3.05, 3.63) is 115 Å². The van der Waals surface area contributed by atoms with Gasteiger partial charge in [-0.2, -0.15) is 0 Å². The molecule has 5 nitrogen and oxygen atoms in total. The lowest BCUT2D eigenvalue weighted by atomic mass is 9.90. The minimum absolute atomic E-state index is 0.505. The van der Waals surface area contributed by atoms with Crippen LogP contribution in [0.3, 0.4) is 0 Å². The van der Waals surface area contributed by atoms with Crippen LogP contribution in [0.4, 0.5) is 5.69 Å². The number of para-hydroxylation sites is 3. The smallest absolute Gasteiger partial charge is 0.163 e. The molecule has 8 aromatic rings. The molecule has 5 heteroatoms. The van der Waals surface area contributed by atoms with Crippen LogP contribution in [0.5, 0.6) is 0 Å². The second-order valence-electron chi connectivity index (χ2n) is 13.0. The Labute approximate surface area is 260 Å². The van der Waals surface area contributed by atoms with Gasteiger partial charge in [0, 0.05) is 32.7 Å². The lowest BCUT2D eigenvalue weighted by molar-refractivity contribution is -0.0269. The van der Waals surface area contributed by atoms with Crippen LogP contribution >= 0.6 is 0 Å². The molecule has 1 fully saturated rings. The molecule has 0 bridgehead atoms. The summed E-state index contributed by atoms with van der Waals surface area (Å²) >= 11 is 0. The molecule has 0 unspecified atom stereocenters. The molecule has 3 heterocycles. The van der Waals surface area contributed by atoms with Crippen LogP contribution in [0.25, 0.3) is 76.9 Å². The van der Waals surface area contributed by atoms with E-state index < -0.39 is 11.2 Å². The Kier molecular flexibility index (Phi) is 5.38. The van der Waals surface area contributed by atoms with Gasteiger partial charge in [-0.15, -0.1) is 5.23 Å². The molecule has 0 aliphatic carbocycles. The zero-order valence-electron chi connectivity index (χ0n) is 25.5. The van der Waals surface area contributed by atoms with E-state index in [2.05, 4.69) is 103 Å². The van der Waals surface area contributed by atoms with Crippen LogP contribution in [0.2, 0.25) is 0 Å². The normalized spacial score (nSPS) is 16.1. The number of anilines is 1. The highest BCUT2D eigenvalue weighted by Crippen LogP contribution is 2.45. The number of rotatable bonds is 3. The molecule has 0 amide bonds. The number of hydrogen-bond acceptors (Lipinski definition) is 5. The van der Waals surface area contributed by atoms with E-state index >= 15 is 0 Å². The molecule has 0 radical (unpaired) electrons. The minimum Gasteiger partial charge on any atom is -0.455 e. The predicted octanol–water partition coefficient (Wildman–Crippen LogP) is 11.2. The van der Waals surface area contributed by atoms with Gasteiger partial charge >= 0.3 is 0 Å². The Bertz CT molecular complexity index is 2430. The van der Waals surface area contributed by atoms with Gasteiger partial charge in [0.25, 0.3) is 0 Å². The molecule has 1 aliphatic rings. The maximum atomic E-state index is 6.64. The SMILES string of the molecule is CC1(C)ON(c2cccc3c2oc2c(-c4ccc(-c5cccc6c5oc5cc7ccccc7cc56)cc4)cccc23)OC1(C)C. The fourth-order valence-corrected chi connectivity index (χ4v) is 6.47. The van der Waals surface area contributed by atoms with Crippen LogP contribution in [-0.4, -0.2) is 11.2 Å². The molecule has 0 saturated carbocycles. The summed E-state index contributed by atoms with van der Waals surface area (Å²) in [7, 11) is 0. The predicted molar refractivity (Wildman–Crippen MR) is 182 cm³/mol. The summed E-state index contributed by atoms with van der Waals surface area (Å²) in [5, 5.41) is 8.22. The highest BCUT2D eigenvalue weighted by Gasteiger charge is 2.50. The minimum atomic E-state index is -0.505. The molecule has 0 atom stereocenters. The number of furan rings is 2. The number of nitrogens with zero attached hydrogens (tertiary/aromatic N) is 1. The first-order valence-corrected chi connectivity index (χ1v) is 15.3. The average molecular weight is 590 g/mol. The molecular weight excluding hydrogens is 558 g/mol.